The zero-order valence-electron chi connectivity index (χ0n) is 16.1. The number of carbonyl (C=O) groups is 2. The minimum atomic E-state index is -3.50. The maximum absolute atomic E-state index is 12.5. The molecular weight excluding hydrogens is 394 g/mol. The lowest BCUT2D eigenvalue weighted by Gasteiger charge is -2.15. The van der Waals surface area contributed by atoms with Crippen molar-refractivity contribution in [2.45, 2.75) is 17.7 Å². The van der Waals surface area contributed by atoms with Crippen LogP contribution in [0.1, 0.15) is 23.2 Å². The molecule has 1 aliphatic heterocycles. The summed E-state index contributed by atoms with van der Waals surface area (Å²) in [5.74, 6) is -1.13. The third kappa shape index (κ3) is 4.93. The van der Waals surface area contributed by atoms with Gasteiger partial charge in [0.25, 0.3) is 5.91 Å². The van der Waals surface area contributed by atoms with Gasteiger partial charge in [0.2, 0.25) is 10.0 Å². The first-order valence-electron chi connectivity index (χ1n) is 9.26. The van der Waals surface area contributed by atoms with Gasteiger partial charge in [-0.3, -0.25) is 4.79 Å². The minimum absolute atomic E-state index is 0.187. The van der Waals surface area contributed by atoms with Crippen molar-refractivity contribution in [3.05, 3.63) is 54.1 Å². The van der Waals surface area contributed by atoms with E-state index in [9.17, 15) is 18.0 Å². The van der Waals surface area contributed by atoms with Gasteiger partial charge in [0.05, 0.1) is 10.5 Å². The molecule has 1 heterocycles. The molecule has 0 aliphatic carbocycles. The van der Waals surface area contributed by atoms with Crippen LogP contribution in [0.15, 0.2) is 53.4 Å². The molecule has 9 heteroatoms. The number of hydrogen-bond acceptors (Lipinski definition) is 6. The molecule has 0 aromatic heterocycles. The van der Waals surface area contributed by atoms with E-state index in [1.807, 2.05) is 0 Å². The SMILES string of the molecule is CNc1ccccc1C(=O)OCC(=O)Nc1ccc(S(=O)(=O)N2CCCC2)cc1. The largest absolute Gasteiger partial charge is 0.452 e. The van der Waals surface area contributed by atoms with Crippen molar-refractivity contribution in [3.63, 3.8) is 0 Å². The lowest BCUT2D eigenvalue weighted by Crippen LogP contribution is -2.27. The van der Waals surface area contributed by atoms with E-state index in [1.165, 1.54) is 28.6 Å². The Morgan fingerprint density at radius 1 is 1.03 bits per heavy atom. The van der Waals surface area contributed by atoms with Crippen molar-refractivity contribution in [1.82, 2.24) is 4.31 Å². The van der Waals surface area contributed by atoms with Gasteiger partial charge in [-0.1, -0.05) is 12.1 Å². The van der Waals surface area contributed by atoms with Crippen molar-refractivity contribution >= 4 is 33.3 Å². The lowest BCUT2D eigenvalue weighted by molar-refractivity contribution is -0.119. The van der Waals surface area contributed by atoms with Gasteiger partial charge in [-0.05, 0) is 49.2 Å². The lowest BCUT2D eigenvalue weighted by atomic mass is 10.2. The summed E-state index contributed by atoms with van der Waals surface area (Å²) in [5.41, 5.74) is 1.36. The van der Waals surface area contributed by atoms with Crippen molar-refractivity contribution in [3.8, 4) is 0 Å². The van der Waals surface area contributed by atoms with E-state index < -0.39 is 28.5 Å². The van der Waals surface area contributed by atoms with Crippen LogP contribution in [0.4, 0.5) is 11.4 Å². The van der Waals surface area contributed by atoms with Crippen LogP contribution in [0, 0.1) is 0 Å². The number of benzene rings is 2. The number of carbonyl (C=O) groups excluding carboxylic acids is 2. The Morgan fingerprint density at radius 3 is 2.34 bits per heavy atom. The molecule has 1 aliphatic rings. The molecule has 0 unspecified atom stereocenters. The van der Waals surface area contributed by atoms with Crippen LogP contribution in [-0.2, 0) is 19.6 Å². The topological polar surface area (TPSA) is 105 Å². The standard InChI is InChI=1S/C20H23N3O5S/c1-21-18-7-3-2-6-17(18)20(25)28-14-19(24)22-15-8-10-16(11-9-15)29(26,27)23-12-4-5-13-23/h2-3,6-11,21H,4-5,12-14H2,1H3,(H,22,24). The summed E-state index contributed by atoms with van der Waals surface area (Å²) in [6.07, 6.45) is 1.73. The molecule has 2 aromatic carbocycles. The Balaban J connectivity index is 1.56. The molecule has 2 aromatic rings. The fourth-order valence-electron chi connectivity index (χ4n) is 3.07. The highest BCUT2D eigenvalue weighted by Crippen LogP contribution is 2.22. The van der Waals surface area contributed by atoms with Crippen molar-refractivity contribution in [2.75, 3.05) is 37.4 Å². The number of sulfonamides is 1. The second-order valence-electron chi connectivity index (χ2n) is 6.56. The molecule has 0 saturated carbocycles. The Bertz CT molecular complexity index is 983. The van der Waals surface area contributed by atoms with Crippen LogP contribution in [-0.4, -0.2) is 51.3 Å². The first-order valence-corrected chi connectivity index (χ1v) is 10.7. The number of nitrogens with one attached hydrogen (secondary N) is 2. The zero-order valence-corrected chi connectivity index (χ0v) is 16.9. The number of rotatable bonds is 7. The number of anilines is 2. The van der Waals surface area contributed by atoms with Crippen LogP contribution in [0.5, 0.6) is 0 Å². The predicted octanol–water partition coefficient (Wildman–Crippen LogP) is 2.31. The van der Waals surface area contributed by atoms with Crippen LogP contribution in [0.2, 0.25) is 0 Å². The predicted molar refractivity (Wildman–Crippen MR) is 109 cm³/mol. The van der Waals surface area contributed by atoms with Gasteiger partial charge in [0.15, 0.2) is 6.61 Å². The fraction of sp³-hybridized carbons (Fsp3) is 0.300. The van der Waals surface area contributed by atoms with Crippen LogP contribution in [0.25, 0.3) is 0 Å². The summed E-state index contributed by atoms with van der Waals surface area (Å²) in [6, 6.07) is 12.8. The van der Waals surface area contributed by atoms with E-state index in [1.54, 1.807) is 31.3 Å². The smallest absolute Gasteiger partial charge is 0.340 e. The van der Waals surface area contributed by atoms with Gasteiger partial charge >= 0.3 is 5.97 Å². The fourth-order valence-corrected chi connectivity index (χ4v) is 4.59. The van der Waals surface area contributed by atoms with Gasteiger partial charge < -0.3 is 15.4 Å². The van der Waals surface area contributed by atoms with Crippen molar-refractivity contribution in [2.24, 2.45) is 0 Å². The maximum Gasteiger partial charge on any atom is 0.340 e. The molecule has 0 radical (unpaired) electrons. The molecule has 154 valence electrons. The summed E-state index contributed by atoms with van der Waals surface area (Å²) in [6.45, 7) is 0.608. The molecule has 0 bridgehead atoms. The number of esters is 1. The zero-order chi connectivity index (χ0) is 20.9. The second-order valence-corrected chi connectivity index (χ2v) is 8.49. The monoisotopic (exact) mass is 417 g/mol. The van der Waals surface area contributed by atoms with Crippen molar-refractivity contribution in [1.29, 1.82) is 0 Å². The first kappa shape index (κ1) is 20.8. The highest BCUT2D eigenvalue weighted by Gasteiger charge is 2.27. The third-order valence-electron chi connectivity index (χ3n) is 4.59. The Morgan fingerprint density at radius 2 is 1.69 bits per heavy atom. The molecule has 1 saturated heterocycles. The molecule has 29 heavy (non-hydrogen) atoms. The number of amides is 1. The summed E-state index contributed by atoms with van der Waals surface area (Å²) < 4.78 is 31.5. The van der Waals surface area contributed by atoms with E-state index in [-0.39, 0.29) is 4.90 Å². The number of hydrogen-bond donors (Lipinski definition) is 2. The van der Waals surface area contributed by atoms with E-state index >= 15 is 0 Å². The van der Waals surface area contributed by atoms with E-state index in [2.05, 4.69) is 10.6 Å². The highest BCUT2D eigenvalue weighted by molar-refractivity contribution is 7.89. The molecule has 8 nitrogen and oxygen atoms in total. The van der Waals surface area contributed by atoms with Crippen molar-refractivity contribution < 1.29 is 22.7 Å². The normalized spacial score (nSPS) is 14.4. The summed E-state index contributed by atoms with van der Waals surface area (Å²) >= 11 is 0. The molecular formula is C20H23N3O5S. The molecule has 3 rings (SSSR count). The van der Waals surface area contributed by atoms with Gasteiger partial charge in [-0.2, -0.15) is 4.31 Å². The van der Waals surface area contributed by atoms with Gasteiger partial charge in [0, 0.05) is 31.5 Å². The average molecular weight is 417 g/mol. The van der Waals surface area contributed by atoms with Crippen LogP contribution < -0.4 is 10.6 Å². The molecule has 0 spiro atoms. The third-order valence-corrected chi connectivity index (χ3v) is 6.50. The molecule has 2 N–H and O–H groups in total. The quantitative estimate of drug-likeness (QED) is 0.670. The average Bonchev–Trinajstić information content (AvgIpc) is 3.28. The van der Waals surface area contributed by atoms with Gasteiger partial charge in [-0.25, -0.2) is 13.2 Å². The molecule has 0 atom stereocenters. The van der Waals surface area contributed by atoms with E-state index in [0.29, 0.717) is 30.0 Å². The Hall–Kier alpha value is -2.91. The Kier molecular flexibility index (Phi) is 6.50. The molecule has 1 fully saturated rings. The first-order chi connectivity index (χ1) is 13.9. The van der Waals surface area contributed by atoms with Crippen LogP contribution >= 0.6 is 0 Å². The number of ether oxygens (including phenoxy) is 1. The highest BCUT2D eigenvalue weighted by atomic mass is 32.2. The summed E-state index contributed by atoms with van der Waals surface area (Å²) in [5, 5.41) is 5.47. The Labute approximate surface area is 169 Å². The van der Waals surface area contributed by atoms with Gasteiger partial charge in [-0.15, -0.1) is 0 Å². The van der Waals surface area contributed by atoms with E-state index in [0.717, 1.165) is 12.8 Å². The number of para-hydroxylation sites is 1. The second kappa shape index (κ2) is 9.06. The number of nitrogens with zero attached hydrogens (tertiary/aromatic N) is 1. The summed E-state index contributed by atoms with van der Waals surface area (Å²) in [4.78, 5) is 24.4. The van der Waals surface area contributed by atoms with E-state index in [4.69, 9.17) is 4.74 Å². The summed E-state index contributed by atoms with van der Waals surface area (Å²) in [7, 11) is -1.81. The molecule has 1 amide bonds. The maximum atomic E-state index is 12.5. The van der Waals surface area contributed by atoms with Gasteiger partial charge in [0.1, 0.15) is 0 Å². The minimum Gasteiger partial charge on any atom is -0.452 e. The van der Waals surface area contributed by atoms with Crippen LogP contribution in [0.3, 0.4) is 0 Å².